The maximum absolute atomic E-state index is 12.7. The summed E-state index contributed by atoms with van der Waals surface area (Å²) in [5.74, 6) is -1.10. The summed E-state index contributed by atoms with van der Waals surface area (Å²) in [5.41, 5.74) is 0.189. The van der Waals surface area contributed by atoms with E-state index in [1.165, 1.54) is 18.5 Å². The Bertz CT molecular complexity index is 624. The van der Waals surface area contributed by atoms with Gasteiger partial charge in [0.25, 0.3) is 0 Å². The van der Waals surface area contributed by atoms with Crippen LogP contribution in [0, 0.1) is 0 Å². The molecule has 0 radical (unpaired) electrons. The van der Waals surface area contributed by atoms with Crippen molar-refractivity contribution in [3.05, 3.63) is 53.9 Å². The SMILES string of the molecule is O=C(O)Cc1ccc(C(F)(F)F)cc1-c1cccnc1. The average Bonchev–Trinajstić information content (AvgIpc) is 2.38. The van der Waals surface area contributed by atoms with E-state index in [4.69, 9.17) is 5.11 Å². The third kappa shape index (κ3) is 3.14. The van der Waals surface area contributed by atoms with E-state index >= 15 is 0 Å². The molecule has 0 bridgehead atoms. The Labute approximate surface area is 112 Å². The van der Waals surface area contributed by atoms with Crippen molar-refractivity contribution in [2.75, 3.05) is 0 Å². The smallest absolute Gasteiger partial charge is 0.416 e. The highest BCUT2D eigenvalue weighted by Crippen LogP contribution is 2.34. The number of pyridine rings is 1. The average molecular weight is 281 g/mol. The van der Waals surface area contributed by atoms with Gasteiger partial charge in [-0.25, -0.2) is 0 Å². The van der Waals surface area contributed by atoms with Gasteiger partial charge in [-0.2, -0.15) is 13.2 Å². The standard InChI is InChI=1S/C14H10F3NO2/c15-14(16,17)11-4-3-9(6-13(19)20)12(7-11)10-2-1-5-18-8-10/h1-5,7-8H,6H2,(H,19,20). The van der Waals surface area contributed by atoms with Crippen LogP contribution in [-0.2, 0) is 17.4 Å². The second-order valence-electron chi connectivity index (χ2n) is 4.18. The highest BCUT2D eigenvalue weighted by Gasteiger charge is 2.31. The van der Waals surface area contributed by atoms with Crippen LogP contribution in [0.3, 0.4) is 0 Å². The number of rotatable bonds is 3. The molecular formula is C14H10F3NO2. The van der Waals surface area contributed by atoms with Gasteiger partial charge in [-0.3, -0.25) is 9.78 Å². The molecule has 0 saturated carbocycles. The highest BCUT2D eigenvalue weighted by atomic mass is 19.4. The predicted molar refractivity (Wildman–Crippen MR) is 66.0 cm³/mol. The Morgan fingerprint density at radius 2 is 2.00 bits per heavy atom. The van der Waals surface area contributed by atoms with Crippen molar-refractivity contribution in [2.45, 2.75) is 12.6 Å². The predicted octanol–water partition coefficient (Wildman–Crippen LogP) is 3.39. The number of alkyl halides is 3. The number of benzene rings is 1. The Kier molecular flexibility index (Phi) is 3.74. The summed E-state index contributed by atoms with van der Waals surface area (Å²) < 4.78 is 38.2. The van der Waals surface area contributed by atoms with E-state index in [2.05, 4.69) is 4.98 Å². The second-order valence-corrected chi connectivity index (χ2v) is 4.18. The third-order valence-corrected chi connectivity index (χ3v) is 2.75. The molecule has 0 amide bonds. The lowest BCUT2D eigenvalue weighted by Gasteiger charge is -2.12. The van der Waals surface area contributed by atoms with Crippen molar-refractivity contribution in [3.8, 4) is 11.1 Å². The first kappa shape index (κ1) is 14.0. The summed E-state index contributed by atoms with van der Waals surface area (Å²) in [6.45, 7) is 0. The quantitative estimate of drug-likeness (QED) is 0.938. The molecule has 2 aromatic rings. The molecule has 0 aliphatic rings. The molecule has 0 spiro atoms. The number of halogens is 3. The lowest BCUT2D eigenvalue weighted by atomic mass is 9.96. The Morgan fingerprint density at radius 3 is 2.55 bits per heavy atom. The molecule has 3 nitrogen and oxygen atoms in total. The van der Waals surface area contributed by atoms with Crippen molar-refractivity contribution < 1.29 is 23.1 Å². The molecule has 0 aliphatic carbocycles. The molecule has 0 fully saturated rings. The fourth-order valence-corrected chi connectivity index (χ4v) is 1.86. The molecule has 6 heteroatoms. The number of aliphatic carboxylic acids is 1. The fourth-order valence-electron chi connectivity index (χ4n) is 1.86. The molecule has 1 aromatic heterocycles. The van der Waals surface area contributed by atoms with Crippen molar-refractivity contribution in [3.63, 3.8) is 0 Å². The zero-order chi connectivity index (χ0) is 14.8. The van der Waals surface area contributed by atoms with E-state index in [0.717, 1.165) is 12.1 Å². The molecule has 1 aromatic carbocycles. The van der Waals surface area contributed by atoms with Gasteiger partial charge < -0.3 is 5.11 Å². The molecule has 0 atom stereocenters. The molecule has 104 valence electrons. The molecule has 0 saturated heterocycles. The summed E-state index contributed by atoms with van der Waals surface area (Å²) in [4.78, 5) is 14.6. The number of carboxylic acid groups (broad SMARTS) is 1. The Morgan fingerprint density at radius 1 is 1.25 bits per heavy atom. The first-order chi connectivity index (χ1) is 9.38. The van der Waals surface area contributed by atoms with Gasteiger partial charge in [-0.15, -0.1) is 0 Å². The lowest BCUT2D eigenvalue weighted by molar-refractivity contribution is -0.137. The summed E-state index contributed by atoms with van der Waals surface area (Å²) in [7, 11) is 0. The van der Waals surface area contributed by atoms with E-state index < -0.39 is 17.7 Å². The van der Waals surface area contributed by atoms with E-state index in [-0.39, 0.29) is 12.0 Å². The van der Waals surface area contributed by atoms with Crippen LogP contribution in [0.4, 0.5) is 13.2 Å². The van der Waals surface area contributed by atoms with Crippen LogP contribution in [0.2, 0.25) is 0 Å². The van der Waals surface area contributed by atoms with Crippen LogP contribution in [0.15, 0.2) is 42.7 Å². The minimum Gasteiger partial charge on any atom is -0.481 e. The van der Waals surface area contributed by atoms with Crippen LogP contribution < -0.4 is 0 Å². The van der Waals surface area contributed by atoms with Gasteiger partial charge in [0.15, 0.2) is 0 Å². The fraction of sp³-hybridized carbons (Fsp3) is 0.143. The van der Waals surface area contributed by atoms with Gasteiger partial charge in [-0.1, -0.05) is 12.1 Å². The van der Waals surface area contributed by atoms with Gasteiger partial charge in [0.2, 0.25) is 0 Å². The van der Waals surface area contributed by atoms with Crippen LogP contribution in [-0.4, -0.2) is 16.1 Å². The molecule has 0 unspecified atom stereocenters. The van der Waals surface area contributed by atoms with Gasteiger partial charge in [-0.05, 0) is 29.3 Å². The maximum atomic E-state index is 12.7. The molecule has 20 heavy (non-hydrogen) atoms. The first-order valence-electron chi connectivity index (χ1n) is 5.70. The van der Waals surface area contributed by atoms with Gasteiger partial charge in [0.05, 0.1) is 12.0 Å². The summed E-state index contributed by atoms with van der Waals surface area (Å²) in [6, 6.07) is 6.21. The van der Waals surface area contributed by atoms with Crippen LogP contribution >= 0.6 is 0 Å². The highest BCUT2D eigenvalue weighted by molar-refractivity contribution is 5.76. The molecule has 1 heterocycles. The number of nitrogens with zero attached hydrogens (tertiary/aromatic N) is 1. The molecule has 2 rings (SSSR count). The number of carboxylic acids is 1. The third-order valence-electron chi connectivity index (χ3n) is 2.75. The minimum atomic E-state index is -4.47. The van der Waals surface area contributed by atoms with E-state index in [1.807, 2.05) is 0 Å². The topological polar surface area (TPSA) is 50.2 Å². The molecule has 0 aliphatic heterocycles. The van der Waals surface area contributed by atoms with Crippen LogP contribution in [0.5, 0.6) is 0 Å². The maximum Gasteiger partial charge on any atom is 0.416 e. The van der Waals surface area contributed by atoms with Crippen molar-refractivity contribution in [2.24, 2.45) is 0 Å². The normalized spacial score (nSPS) is 11.3. The monoisotopic (exact) mass is 281 g/mol. The Balaban J connectivity index is 2.57. The number of aromatic nitrogens is 1. The lowest BCUT2D eigenvalue weighted by Crippen LogP contribution is -2.07. The van der Waals surface area contributed by atoms with E-state index in [0.29, 0.717) is 11.1 Å². The summed E-state index contributed by atoms with van der Waals surface area (Å²) in [6.07, 6.45) is -1.92. The Hall–Kier alpha value is -2.37. The minimum absolute atomic E-state index is 0.232. The first-order valence-corrected chi connectivity index (χ1v) is 5.70. The van der Waals surface area contributed by atoms with E-state index in [9.17, 15) is 18.0 Å². The summed E-state index contributed by atoms with van der Waals surface area (Å²) >= 11 is 0. The van der Waals surface area contributed by atoms with Gasteiger partial charge in [0, 0.05) is 18.0 Å². The van der Waals surface area contributed by atoms with Crippen LogP contribution in [0.25, 0.3) is 11.1 Å². The largest absolute Gasteiger partial charge is 0.481 e. The van der Waals surface area contributed by atoms with Gasteiger partial charge in [0.1, 0.15) is 0 Å². The van der Waals surface area contributed by atoms with E-state index in [1.54, 1.807) is 12.1 Å². The zero-order valence-electron chi connectivity index (χ0n) is 10.2. The summed E-state index contributed by atoms with van der Waals surface area (Å²) in [5, 5.41) is 8.83. The van der Waals surface area contributed by atoms with Crippen molar-refractivity contribution >= 4 is 5.97 Å². The molecule has 1 N–H and O–H groups in total. The van der Waals surface area contributed by atoms with Crippen LogP contribution in [0.1, 0.15) is 11.1 Å². The second kappa shape index (κ2) is 5.32. The van der Waals surface area contributed by atoms with Crippen molar-refractivity contribution in [1.29, 1.82) is 0 Å². The van der Waals surface area contributed by atoms with Crippen molar-refractivity contribution in [1.82, 2.24) is 4.98 Å². The van der Waals surface area contributed by atoms with Gasteiger partial charge >= 0.3 is 12.1 Å². The molecular weight excluding hydrogens is 271 g/mol. The number of carbonyl (C=O) groups is 1. The number of hydrogen-bond donors (Lipinski definition) is 1. The number of hydrogen-bond acceptors (Lipinski definition) is 2. The zero-order valence-corrected chi connectivity index (χ0v) is 10.2.